The molecule has 0 aromatic carbocycles. The van der Waals surface area contributed by atoms with E-state index in [0.717, 1.165) is 40.9 Å². The maximum Gasteiger partial charge on any atom is 0.261 e. The van der Waals surface area contributed by atoms with Crippen LogP contribution >= 0.6 is 11.3 Å². The Kier molecular flexibility index (Phi) is 3.03. The van der Waals surface area contributed by atoms with Crippen molar-refractivity contribution in [1.29, 1.82) is 0 Å². The maximum atomic E-state index is 12.2. The van der Waals surface area contributed by atoms with E-state index in [1.54, 1.807) is 0 Å². The Morgan fingerprint density at radius 3 is 3.38 bits per heavy atom. The smallest absolute Gasteiger partial charge is 0.261 e. The number of H-pyrrole nitrogens is 2. The van der Waals surface area contributed by atoms with E-state index < -0.39 is 0 Å². The molecule has 0 saturated heterocycles. The third-order valence-electron chi connectivity index (χ3n) is 4.13. The molecule has 1 amide bonds. The topological polar surface area (TPSA) is 73.6 Å². The molecule has 1 aliphatic carbocycles. The van der Waals surface area contributed by atoms with E-state index in [1.807, 2.05) is 24.5 Å². The SMILES string of the molecule is O=C(NCC1CCc2cn[nH]c2C1)c1cc2[nH]ccc2s1. The van der Waals surface area contributed by atoms with Gasteiger partial charge in [0, 0.05) is 18.4 Å². The van der Waals surface area contributed by atoms with Gasteiger partial charge in [-0.2, -0.15) is 5.10 Å². The number of hydrogen-bond donors (Lipinski definition) is 3. The van der Waals surface area contributed by atoms with Crippen molar-refractivity contribution in [3.05, 3.63) is 40.7 Å². The molecule has 3 aromatic heterocycles. The van der Waals surface area contributed by atoms with Gasteiger partial charge in [-0.3, -0.25) is 9.89 Å². The molecular formula is C15H16N4OS. The minimum atomic E-state index is 0.0278. The Morgan fingerprint density at radius 1 is 1.52 bits per heavy atom. The van der Waals surface area contributed by atoms with Crippen LogP contribution in [0.15, 0.2) is 24.5 Å². The third-order valence-corrected chi connectivity index (χ3v) is 5.23. The third kappa shape index (κ3) is 2.35. The molecule has 1 atom stereocenters. The summed E-state index contributed by atoms with van der Waals surface area (Å²) in [5.41, 5.74) is 3.58. The molecule has 0 saturated carbocycles. The summed E-state index contributed by atoms with van der Waals surface area (Å²) in [6.45, 7) is 0.725. The summed E-state index contributed by atoms with van der Waals surface area (Å²) in [7, 11) is 0. The standard InChI is InChI=1S/C15H16N4OS/c20-15(14-6-12-13(21-14)3-4-16-12)17-7-9-1-2-10-8-18-19-11(10)5-9/h3-4,6,8-9,16H,1-2,5,7H2,(H,17,20)(H,18,19). The van der Waals surface area contributed by atoms with Crippen LogP contribution in [0.25, 0.3) is 10.2 Å². The van der Waals surface area contributed by atoms with Crippen LogP contribution in [-0.4, -0.2) is 27.6 Å². The van der Waals surface area contributed by atoms with Gasteiger partial charge in [-0.15, -0.1) is 11.3 Å². The van der Waals surface area contributed by atoms with E-state index in [4.69, 9.17) is 0 Å². The number of carbonyl (C=O) groups is 1. The highest BCUT2D eigenvalue weighted by Gasteiger charge is 2.21. The van der Waals surface area contributed by atoms with Gasteiger partial charge in [-0.05, 0) is 42.9 Å². The zero-order valence-corrected chi connectivity index (χ0v) is 12.3. The minimum absolute atomic E-state index is 0.0278. The molecule has 1 aliphatic rings. The number of fused-ring (bicyclic) bond motifs is 2. The number of aromatic amines is 2. The first-order valence-corrected chi connectivity index (χ1v) is 7.97. The van der Waals surface area contributed by atoms with Crippen molar-refractivity contribution in [2.24, 2.45) is 5.92 Å². The van der Waals surface area contributed by atoms with E-state index in [9.17, 15) is 4.79 Å². The van der Waals surface area contributed by atoms with Gasteiger partial charge in [-0.1, -0.05) is 0 Å². The zero-order chi connectivity index (χ0) is 14.2. The fourth-order valence-corrected chi connectivity index (χ4v) is 3.88. The molecule has 0 bridgehead atoms. The minimum Gasteiger partial charge on any atom is -0.360 e. The normalized spacial score (nSPS) is 17.8. The second-order valence-corrected chi connectivity index (χ2v) is 6.64. The van der Waals surface area contributed by atoms with Gasteiger partial charge in [0.1, 0.15) is 0 Å². The number of hydrogen-bond acceptors (Lipinski definition) is 3. The molecule has 1 unspecified atom stereocenters. The van der Waals surface area contributed by atoms with Crippen molar-refractivity contribution in [3.63, 3.8) is 0 Å². The molecule has 0 radical (unpaired) electrons. The maximum absolute atomic E-state index is 12.2. The summed E-state index contributed by atoms with van der Waals surface area (Å²) in [6.07, 6.45) is 6.94. The number of nitrogens with zero attached hydrogens (tertiary/aromatic N) is 1. The van der Waals surface area contributed by atoms with Crippen LogP contribution in [0.3, 0.4) is 0 Å². The lowest BCUT2D eigenvalue weighted by molar-refractivity contribution is 0.0950. The van der Waals surface area contributed by atoms with Gasteiger partial charge in [0.05, 0.1) is 21.3 Å². The largest absolute Gasteiger partial charge is 0.360 e. The molecular weight excluding hydrogens is 284 g/mol. The van der Waals surface area contributed by atoms with Gasteiger partial charge in [0.2, 0.25) is 0 Å². The number of amides is 1. The first kappa shape index (κ1) is 12.6. The molecule has 3 aromatic rings. The van der Waals surface area contributed by atoms with Crippen LogP contribution in [-0.2, 0) is 12.8 Å². The van der Waals surface area contributed by atoms with Crippen LogP contribution in [0.1, 0.15) is 27.3 Å². The Balaban J connectivity index is 1.38. The lowest BCUT2D eigenvalue weighted by Crippen LogP contribution is -2.31. The van der Waals surface area contributed by atoms with Crippen molar-refractivity contribution in [1.82, 2.24) is 20.5 Å². The highest BCUT2D eigenvalue weighted by molar-refractivity contribution is 7.20. The second-order valence-electron chi connectivity index (χ2n) is 5.56. The molecule has 6 heteroatoms. The van der Waals surface area contributed by atoms with Crippen LogP contribution in [0.2, 0.25) is 0 Å². The molecule has 0 aliphatic heterocycles. The van der Waals surface area contributed by atoms with Crippen molar-refractivity contribution in [2.45, 2.75) is 19.3 Å². The Labute approximate surface area is 125 Å². The Hall–Kier alpha value is -2.08. The van der Waals surface area contributed by atoms with Crippen molar-refractivity contribution in [3.8, 4) is 0 Å². The number of thiophene rings is 1. The van der Waals surface area contributed by atoms with E-state index in [0.29, 0.717) is 5.92 Å². The predicted molar refractivity (Wildman–Crippen MR) is 82.6 cm³/mol. The predicted octanol–water partition coefficient (Wildman–Crippen LogP) is 2.49. The summed E-state index contributed by atoms with van der Waals surface area (Å²) in [5.74, 6) is 0.520. The van der Waals surface area contributed by atoms with Crippen molar-refractivity contribution in [2.75, 3.05) is 6.54 Å². The molecule has 0 fully saturated rings. The Bertz CT molecular complexity index is 756. The second kappa shape index (κ2) is 5.04. The Morgan fingerprint density at radius 2 is 2.48 bits per heavy atom. The van der Waals surface area contributed by atoms with Gasteiger partial charge in [-0.25, -0.2) is 0 Å². The summed E-state index contributed by atoms with van der Waals surface area (Å²) in [4.78, 5) is 16.1. The van der Waals surface area contributed by atoms with Crippen LogP contribution < -0.4 is 5.32 Å². The van der Waals surface area contributed by atoms with Crippen LogP contribution in [0.4, 0.5) is 0 Å². The fraction of sp³-hybridized carbons (Fsp3) is 0.333. The molecule has 4 rings (SSSR count). The van der Waals surface area contributed by atoms with E-state index in [-0.39, 0.29) is 5.91 Å². The molecule has 21 heavy (non-hydrogen) atoms. The summed E-state index contributed by atoms with van der Waals surface area (Å²) >= 11 is 1.53. The molecule has 5 nitrogen and oxygen atoms in total. The average molecular weight is 300 g/mol. The summed E-state index contributed by atoms with van der Waals surface area (Å²) in [5, 5.41) is 10.2. The van der Waals surface area contributed by atoms with Gasteiger partial charge in [0.15, 0.2) is 0 Å². The lowest BCUT2D eigenvalue weighted by Gasteiger charge is -2.21. The summed E-state index contributed by atoms with van der Waals surface area (Å²) in [6, 6.07) is 3.92. The van der Waals surface area contributed by atoms with Gasteiger partial charge in [0.25, 0.3) is 5.91 Å². The number of nitrogens with one attached hydrogen (secondary N) is 3. The molecule has 0 spiro atoms. The van der Waals surface area contributed by atoms with E-state index in [2.05, 4.69) is 20.5 Å². The molecule has 108 valence electrons. The number of aryl methyl sites for hydroxylation is 1. The zero-order valence-electron chi connectivity index (χ0n) is 11.5. The average Bonchev–Trinajstić information content (AvgIpc) is 3.18. The van der Waals surface area contributed by atoms with Crippen molar-refractivity contribution >= 4 is 27.5 Å². The first-order valence-electron chi connectivity index (χ1n) is 7.16. The van der Waals surface area contributed by atoms with E-state index >= 15 is 0 Å². The van der Waals surface area contributed by atoms with Crippen molar-refractivity contribution < 1.29 is 4.79 Å². The lowest BCUT2D eigenvalue weighted by atomic mass is 9.88. The number of rotatable bonds is 3. The quantitative estimate of drug-likeness (QED) is 0.695. The first-order chi connectivity index (χ1) is 10.3. The summed E-state index contributed by atoms with van der Waals surface area (Å²) < 4.78 is 1.12. The van der Waals surface area contributed by atoms with Gasteiger partial charge >= 0.3 is 0 Å². The highest BCUT2D eigenvalue weighted by atomic mass is 32.1. The van der Waals surface area contributed by atoms with Crippen LogP contribution in [0, 0.1) is 5.92 Å². The highest BCUT2D eigenvalue weighted by Crippen LogP contribution is 2.25. The van der Waals surface area contributed by atoms with Crippen LogP contribution in [0.5, 0.6) is 0 Å². The van der Waals surface area contributed by atoms with Gasteiger partial charge < -0.3 is 10.3 Å². The van der Waals surface area contributed by atoms with E-state index in [1.165, 1.54) is 22.6 Å². The monoisotopic (exact) mass is 300 g/mol. The number of carbonyl (C=O) groups excluding carboxylic acids is 1. The number of aromatic nitrogens is 3. The molecule has 3 N–H and O–H groups in total. The fourth-order valence-electron chi connectivity index (χ4n) is 2.94. The molecule has 3 heterocycles.